The molecule has 0 radical (unpaired) electrons. The van der Waals surface area contributed by atoms with Crippen LogP contribution in [-0.2, 0) is 25.3 Å². The molecule has 0 rings (SSSR count). The van der Waals surface area contributed by atoms with Gasteiger partial charge in [0.05, 0.1) is 0 Å². The van der Waals surface area contributed by atoms with E-state index in [0.29, 0.717) is 21.7 Å². The molecule has 0 heterocycles. The maximum absolute atomic E-state index is 13.0. The molecule has 0 fully saturated rings. The Morgan fingerprint density at radius 1 is 0.436 bits per heavy atom. The molecule has 0 bridgehead atoms. The van der Waals surface area contributed by atoms with Crippen molar-refractivity contribution >= 4 is 42.7 Å². The molecule has 0 spiro atoms. The molecule has 0 atom stereocenters. The van der Waals surface area contributed by atoms with Crippen molar-refractivity contribution in [2.75, 3.05) is 0 Å². The molecular weight excluding hydrogens is 599 g/mol. The Morgan fingerprint density at radius 3 is 1.10 bits per heavy atom. The van der Waals surface area contributed by atoms with Gasteiger partial charge in [0.15, 0.2) is 0 Å². The molecule has 0 aliphatic rings. The van der Waals surface area contributed by atoms with E-state index in [-0.39, 0.29) is 24.4 Å². The number of carbonyl (C=O) groups excluding carboxylic acids is 4. The van der Waals surface area contributed by atoms with E-state index in [9.17, 15) is 19.2 Å². The zero-order chi connectivity index (χ0) is 29.2. The van der Waals surface area contributed by atoms with Crippen molar-refractivity contribution < 1.29 is 25.3 Å². The van der Waals surface area contributed by atoms with E-state index < -0.39 is 31.1 Å². The van der Waals surface area contributed by atoms with E-state index in [0.717, 1.165) is 77.0 Å². The first-order valence-electron chi connectivity index (χ1n) is 16.3. The summed E-state index contributed by atoms with van der Waals surface area (Å²) in [4.78, 5) is 50.8. The average Bonchev–Trinajstić information content (AvgIpc) is 2.88. The van der Waals surface area contributed by atoms with Crippen LogP contribution < -0.4 is 0 Å². The summed E-state index contributed by atoms with van der Waals surface area (Å²) in [6.07, 6.45) is 18.8. The van der Waals surface area contributed by atoms with Crippen LogP contribution in [0, 0.1) is 0 Å². The second-order valence-corrected chi connectivity index (χ2v) is 20.5. The minimum atomic E-state index is -4.23. The number of unbranched alkanes of at least 4 members (excludes halogenated alkanes) is 14. The van der Waals surface area contributed by atoms with Gasteiger partial charge in [-0.3, -0.25) is 0 Å². The van der Waals surface area contributed by atoms with Crippen molar-refractivity contribution in [3.05, 3.63) is 0 Å². The molecule has 0 N–H and O–H groups in total. The van der Waals surface area contributed by atoms with Crippen molar-refractivity contribution in [1.82, 2.24) is 0 Å². The predicted octanol–water partition coefficient (Wildman–Crippen LogP) is 9.32. The molecule has 7 heteroatoms. The quantitative estimate of drug-likeness (QED) is 0.0473. The third kappa shape index (κ3) is 22.5. The van der Waals surface area contributed by atoms with Gasteiger partial charge in [-0.1, -0.05) is 0 Å². The second-order valence-electron chi connectivity index (χ2n) is 11.2. The zero-order valence-electron chi connectivity index (χ0n) is 25.9. The van der Waals surface area contributed by atoms with E-state index in [4.69, 9.17) is 6.15 Å². The van der Waals surface area contributed by atoms with Crippen LogP contribution in [0.25, 0.3) is 0 Å². The van der Waals surface area contributed by atoms with Gasteiger partial charge in [-0.25, -0.2) is 0 Å². The first-order valence-corrected chi connectivity index (χ1v) is 22.7. The fraction of sp³-hybridized carbons (Fsp3) is 0.875. The molecule has 0 saturated heterocycles. The Hall–Kier alpha value is -0.921. The van der Waals surface area contributed by atoms with E-state index in [2.05, 4.69) is 27.7 Å². The molecule has 0 aromatic carbocycles. The Morgan fingerprint density at radius 2 is 0.744 bits per heavy atom. The van der Waals surface area contributed by atoms with Gasteiger partial charge in [-0.2, -0.15) is 0 Å². The third-order valence-corrected chi connectivity index (χ3v) is 17.0. The van der Waals surface area contributed by atoms with Crippen LogP contribution in [0.4, 0.5) is 0 Å². The van der Waals surface area contributed by atoms with Crippen molar-refractivity contribution in [1.29, 1.82) is 0 Å². The first kappa shape index (κ1) is 38.1. The summed E-state index contributed by atoms with van der Waals surface area (Å²) in [6, 6.07) is 0. The number of rotatable bonds is 28. The van der Waals surface area contributed by atoms with Gasteiger partial charge in [0.1, 0.15) is 0 Å². The topological polar surface area (TPSA) is 86.7 Å². The standard InChI is InChI=1S/2C8H14O3.2C8H17.Sn/c2*1-2-3-4-5-7(9)6-8(10)11;2*1-3-5-7-8-6-4-2;/h2*2-6H2,1H3,(H,10,11);2*1,3-8H2,2H3;/q;;;;+2/p-2. The minimum absolute atomic E-state index is 0.106. The van der Waals surface area contributed by atoms with Crippen LogP contribution >= 0.6 is 0 Å². The number of hydrogen-bond acceptors (Lipinski definition) is 6. The summed E-state index contributed by atoms with van der Waals surface area (Å²) in [5, 5.41) is 0. The van der Waals surface area contributed by atoms with Gasteiger partial charge in [0.2, 0.25) is 0 Å². The van der Waals surface area contributed by atoms with E-state index in [1.54, 1.807) is 0 Å². The van der Waals surface area contributed by atoms with Gasteiger partial charge in [-0.15, -0.1) is 0 Å². The fourth-order valence-corrected chi connectivity index (χ4v) is 14.1. The van der Waals surface area contributed by atoms with Crippen LogP contribution in [0.5, 0.6) is 0 Å². The first-order chi connectivity index (χ1) is 18.8. The summed E-state index contributed by atoms with van der Waals surface area (Å²) in [6.45, 7) is 8.53. The molecule has 0 amide bonds. The van der Waals surface area contributed by atoms with Crippen LogP contribution in [0.1, 0.15) is 169 Å². The predicted molar refractivity (Wildman–Crippen MR) is 162 cm³/mol. The zero-order valence-corrected chi connectivity index (χ0v) is 28.8. The molecule has 0 unspecified atom stereocenters. The van der Waals surface area contributed by atoms with E-state index in [1.165, 1.54) is 38.5 Å². The summed E-state index contributed by atoms with van der Waals surface area (Å²) < 4.78 is 13.5. The number of hydrogen-bond donors (Lipinski definition) is 0. The van der Waals surface area contributed by atoms with Crippen LogP contribution in [0.15, 0.2) is 0 Å². The van der Waals surface area contributed by atoms with Crippen LogP contribution in [-0.4, -0.2) is 42.7 Å². The maximum atomic E-state index is 13.0. The van der Waals surface area contributed by atoms with Gasteiger partial charge >= 0.3 is 246 Å². The molecule has 0 aromatic heterocycles. The molecule has 0 saturated carbocycles. The SMILES string of the molecule is CCCCCCC[CH2][Sn]([CH2]CCCCCCC)([O]C(=O)CC(=O)CCCCC)[O]C(=O)CC(=O)CCCCC. The van der Waals surface area contributed by atoms with Gasteiger partial charge < -0.3 is 0 Å². The normalized spacial score (nSPS) is 11.4. The summed E-state index contributed by atoms with van der Waals surface area (Å²) in [5.41, 5.74) is 0. The molecule has 0 aliphatic carbocycles. The van der Waals surface area contributed by atoms with Crippen LogP contribution in [0.3, 0.4) is 0 Å². The third-order valence-electron chi connectivity index (χ3n) is 7.22. The fourth-order valence-electron chi connectivity index (χ4n) is 4.83. The van der Waals surface area contributed by atoms with Crippen LogP contribution in [0.2, 0.25) is 8.87 Å². The molecule has 0 aliphatic heterocycles. The van der Waals surface area contributed by atoms with Gasteiger partial charge in [0.25, 0.3) is 0 Å². The average molecular weight is 660 g/mol. The monoisotopic (exact) mass is 660 g/mol. The molecule has 0 aromatic rings. The van der Waals surface area contributed by atoms with Crippen molar-refractivity contribution in [2.45, 2.75) is 178 Å². The molecular formula is C32H60O6Sn. The Labute approximate surface area is 245 Å². The molecule has 6 nitrogen and oxygen atoms in total. The van der Waals surface area contributed by atoms with Gasteiger partial charge in [0, 0.05) is 0 Å². The number of ketones is 2. The van der Waals surface area contributed by atoms with E-state index >= 15 is 0 Å². The van der Waals surface area contributed by atoms with Crippen molar-refractivity contribution in [2.24, 2.45) is 0 Å². The van der Waals surface area contributed by atoms with E-state index in [1.807, 2.05) is 0 Å². The summed E-state index contributed by atoms with van der Waals surface area (Å²) >= 11 is -4.23. The van der Waals surface area contributed by atoms with Gasteiger partial charge in [-0.05, 0) is 0 Å². The number of Topliss-reactive ketones (excluding diaryl/α,β-unsaturated/α-hetero) is 2. The molecule has 228 valence electrons. The summed E-state index contributed by atoms with van der Waals surface area (Å²) in [7, 11) is 0. The van der Waals surface area contributed by atoms with Crippen molar-refractivity contribution in [3.8, 4) is 0 Å². The Balaban J connectivity index is 5.47. The Bertz CT molecular complexity index is 607. The molecule has 39 heavy (non-hydrogen) atoms. The van der Waals surface area contributed by atoms with Crippen molar-refractivity contribution in [3.63, 3.8) is 0 Å². The number of carbonyl (C=O) groups is 4. The summed E-state index contributed by atoms with van der Waals surface area (Å²) in [5.74, 6) is -1.28. The second kappa shape index (κ2) is 26.0. The Kier molecular flexibility index (Phi) is 25.4.